The summed E-state index contributed by atoms with van der Waals surface area (Å²) in [6.07, 6.45) is 1.48. The zero-order chi connectivity index (χ0) is 13.1. The zero-order valence-corrected chi connectivity index (χ0v) is 11.4. The molecule has 0 bridgehead atoms. The highest BCUT2D eigenvalue weighted by atomic mass is 79.9. The van der Waals surface area contributed by atoms with Gasteiger partial charge in [-0.3, -0.25) is 0 Å². The molecule has 0 radical (unpaired) electrons. The van der Waals surface area contributed by atoms with Crippen LogP contribution in [0.5, 0.6) is 0 Å². The Kier molecular flexibility index (Phi) is 3.66. The van der Waals surface area contributed by atoms with Gasteiger partial charge in [0.2, 0.25) is 0 Å². The van der Waals surface area contributed by atoms with Gasteiger partial charge in [0.25, 0.3) is 0 Å². The molecule has 0 spiro atoms. The quantitative estimate of drug-likeness (QED) is 0.853. The summed E-state index contributed by atoms with van der Waals surface area (Å²) in [6, 6.07) is 9.40. The zero-order valence-electron chi connectivity index (χ0n) is 9.06. The van der Waals surface area contributed by atoms with E-state index < -0.39 is 0 Å². The maximum Gasteiger partial charge on any atom is 0.176 e. The van der Waals surface area contributed by atoms with Crippen LogP contribution in [0.2, 0.25) is 5.02 Å². The monoisotopic (exact) mass is 320 g/mol. The first-order valence-electron chi connectivity index (χ1n) is 4.95. The summed E-state index contributed by atoms with van der Waals surface area (Å²) in [5.41, 5.74) is 1.33. The average Bonchev–Trinajstić information content (AvgIpc) is 2.75. The molecule has 0 amide bonds. The summed E-state index contributed by atoms with van der Waals surface area (Å²) in [5, 5.41) is 18.4. The van der Waals surface area contributed by atoms with Crippen molar-refractivity contribution >= 4 is 27.5 Å². The second-order valence-corrected chi connectivity index (χ2v) is 4.80. The van der Waals surface area contributed by atoms with Gasteiger partial charge in [0.1, 0.15) is 12.1 Å². The Labute approximate surface area is 117 Å². The van der Waals surface area contributed by atoms with Crippen LogP contribution in [0.1, 0.15) is 17.0 Å². The number of benzene rings is 1. The van der Waals surface area contributed by atoms with Gasteiger partial charge in [0.05, 0.1) is 11.3 Å². The van der Waals surface area contributed by atoms with Crippen LogP contribution in [0.25, 0.3) is 0 Å². The number of rotatable bonds is 2. The maximum absolute atomic E-state index is 9.00. The minimum Gasteiger partial charge on any atom is -0.317 e. The van der Waals surface area contributed by atoms with Crippen molar-refractivity contribution < 1.29 is 0 Å². The summed E-state index contributed by atoms with van der Waals surface area (Å²) in [7, 11) is 0. The first kappa shape index (κ1) is 12.6. The van der Waals surface area contributed by atoms with Gasteiger partial charge >= 0.3 is 0 Å². The Morgan fingerprint density at radius 3 is 2.72 bits per heavy atom. The Hall–Kier alpha value is -1.82. The highest BCUT2D eigenvalue weighted by Crippen LogP contribution is 2.23. The molecule has 1 aromatic carbocycles. The van der Waals surface area contributed by atoms with Gasteiger partial charge in [-0.05, 0) is 33.6 Å². The largest absolute Gasteiger partial charge is 0.317 e. The highest BCUT2D eigenvalue weighted by molar-refractivity contribution is 9.10. The third kappa shape index (κ3) is 2.38. The van der Waals surface area contributed by atoms with Gasteiger partial charge in [-0.15, -0.1) is 0 Å². The Morgan fingerprint density at radius 2 is 2.11 bits per heavy atom. The number of hydrogen-bond donors (Lipinski definition) is 0. The van der Waals surface area contributed by atoms with Crippen LogP contribution >= 0.6 is 27.5 Å². The predicted molar refractivity (Wildman–Crippen MR) is 69.9 cm³/mol. The molecule has 0 saturated heterocycles. The molecule has 0 aliphatic rings. The third-order valence-corrected chi connectivity index (χ3v) is 3.62. The molecule has 0 N–H and O–H groups in total. The SMILES string of the molecule is N#Cc1ncn(Cc2ccc(Br)c(Cl)c2)c1C#N. The third-order valence-electron chi connectivity index (χ3n) is 2.39. The molecule has 0 atom stereocenters. The van der Waals surface area contributed by atoms with Gasteiger partial charge in [-0.25, -0.2) is 4.98 Å². The molecule has 4 nitrogen and oxygen atoms in total. The average molecular weight is 322 g/mol. The van der Waals surface area contributed by atoms with E-state index >= 15 is 0 Å². The molecule has 1 aromatic heterocycles. The first-order chi connectivity index (χ1) is 8.65. The summed E-state index contributed by atoms with van der Waals surface area (Å²) < 4.78 is 2.44. The van der Waals surface area contributed by atoms with E-state index in [-0.39, 0.29) is 11.4 Å². The van der Waals surface area contributed by atoms with Crippen LogP contribution in [0.3, 0.4) is 0 Å². The van der Waals surface area contributed by atoms with Crippen molar-refractivity contribution in [2.75, 3.05) is 0 Å². The molecular weight excluding hydrogens is 316 g/mol. The van der Waals surface area contributed by atoms with Crippen LogP contribution in [-0.2, 0) is 6.54 Å². The standard InChI is InChI=1S/C12H6BrClN4/c13-9-2-1-8(3-10(9)14)6-18-7-17-11(4-15)12(18)5-16/h1-3,7H,6H2. The summed E-state index contributed by atoms with van der Waals surface area (Å²) in [6.45, 7) is 0.449. The lowest BCUT2D eigenvalue weighted by atomic mass is 10.2. The summed E-state index contributed by atoms with van der Waals surface area (Å²) >= 11 is 9.31. The van der Waals surface area contributed by atoms with E-state index in [0.717, 1.165) is 10.0 Å². The van der Waals surface area contributed by atoms with E-state index in [9.17, 15) is 0 Å². The van der Waals surface area contributed by atoms with E-state index in [2.05, 4.69) is 20.9 Å². The normalized spacial score (nSPS) is 9.78. The fraction of sp³-hybridized carbons (Fsp3) is 0.0833. The number of imidazole rings is 1. The smallest absolute Gasteiger partial charge is 0.176 e. The lowest BCUT2D eigenvalue weighted by molar-refractivity contribution is 0.785. The van der Waals surface area contributed by atoms with Crippen LogP contribution < -0.4 is 0 Å². The number of nitrogens with zero attached hydrogens (tertiary/aromatic N) is 4. The van der Waals surface area contributed by atoms with E-state index in [1.54, 1.807) is 10.6 Å². The van der Waals surface area contributed by atoms with Crippen molar-refractivity contribution in [3.63, 3.8) is 0 Å². The lowest BCUT2D eigenvalue weighted by Gasteiger charge is -2.05. The molecule has 2 rings (SSSR count). The fourth-order valence-corrected chi connectivity index (χ4v) is 1.99. The molecule has 0 saturated carbocycles. The van der Waals surface area contributed by atoms with Crippen molar-refractivity contribution in [2.45, 2.75) is 6.54 Å². The fourth-order valence-electron chi connectivity index (χ4n) is 1.54. The molecule has 18 heavy (non-hydrogen) atoms. The molecule has 0 aliphatic heterocycles. The Bertz CT molecular complexity index is 678. The molecule has 0 fully saturated rings. The van der Waals surface area contributed by atoms with E-state index in [0.29, 0.717) is 11.6 Å². The lowest BCUT2D eigenvalue weighted by Crippen LogP contribution is -2.01. The topological polar surface area (TPSA) is 65.4 Å². The predicted octanol–water partition coefficient (Wildman–Crippen LogP) is 3.09. The van der Waals surface area contributed by atoms with Gasteiger partial charge in [0.15, 0.2) is 11.4 Å². The molecule has 88 valence electrons. The molecule has 2 aromatic rings. The Balaban J connectivity index is 2.35. The van der Waals surface area contributed by atoms with Crippen molar-refractivity contribution in [3.05, 3.63) is 51.0 Å². The maximum atomic E-state index is 9.00. The molecule has 0 unspecified atom stereocenters. The van der Waals surface area contributed by atoms with Crippen LogP contribution in [-0.4, -0.2) is 9.55 Å². The molecule has 1 heterocycles. The molecule has 6 heteroatoms. The summed E-state index contributed by atoms with van der Waals surface area (Å²) in [4.78, 5) is 3.88. The highest BCUT2D eigenvalue weighted by Gasteiger charge is 2.10. The Morgan fingerprint density at radius 1 is 1.33 bits per heavy atom. The van der Waals surface area contributed by atoms with Crippen molar-refractivity contribution in [2.24, 2.45) is 0 Å². The van der Waals surface area contributed by atoms with Gasteiger partial charge < -0.3 is 4.57 Å². The first-order valence-corrected chi connectivity index (χ1v) is 6.12. The minimum absolute atomic E-state index is 0.140. The number of nitriles is 2. The van der Waals surface area contributed by atoms with Crippen LogP contribution in [0.4, 0.5) is 0 Å². The van der Waals surface area contributed by atoms with Crippen molar-refractivity contribution in [1.82, 2.24) is 9.55 Å². The van der Waals surface area contributed by atoms with E-state index in [1.807, 2.05) is 24.3 Å². The summed E-state index contributed by atoms with van der Waals surface area (Å²) in [5.74, 6) is 0. The number of aromatic nitrogens is 2. The van der Waals surface area contributed by atoms with Gasteiger partial charge in [-0.2, -0.15) is 10.5 Å². The second-order valence-electron chi connectivity index (χ2n) is 3.54. The number of halogens is 2. The van der Waals surface area contributed by atoms with Crippen LogP contribution in [0, 0.1) is 22.7 Å². The molecule has 0 aliphatic carbocycles. The van der Waals surface area contributed by atoms with Gasteiger partial charge in [-0.1, -0.05) is 17.7 Å². The van der Waals surface area contributed by atoms with Crippen molar-refractivity contribution in [3.8, 4) is 12.1 Å². The minimum atomic E-state index is 0.140. The number of hydrogen-bond acceptors (Lipinski definition) is 3. The second kappa shape index (κ2) is 5.22. The molecular formula is C12H6BrClN4. The van der Waals surface area contributed by atoms with E-state index in [1.165, 1.54) is 6.33 Å². The van der Waals surface area contributed by atoms with E-state index in [4.69, 9.17) is 22.1 Å². The van der Waals surface area contributed by atoms with Crippen LogP contribution in [0.15, 0.2) is 29.0 Å². The van der Waals surface area contributed by atoms with Crippen molar-refractivity contribution in [1.29, 1.82) is 10.5 Å². The van der Waals surface area contributed by atoms with Gasteiger partial charge in [0, 0.05) is 11.0 Å².